The van der Waals surface area contributed by atoms with E-state index in [2.05, 4.69) is 15.5 Å². The van der Waals surface area contributed by atoms with Crippen molar-refractivity contribution in [2.75, 3.05) is 0 Å². The third-order valence-electron chi connectivity index (χ3n) is 3.74. The summed E-state index contributed by atoms with van der Waals surface area (Å²) in [5.41, 5.74) is -0.0579. The van der Waals surface area contributed by atoms with Gasteiger partial charge in [0.05, 0.1) is 0 Å². The number of benzene rings is 1. The molecule has 0 bridgehead atoms. The van der Waals surface area contributed by atoms with Gasteiger partial charge in [-0.3, -0.25) is 0 Å². The SMILES string of the molecule is CCC(CC)(C(=O)O)n1nnnc1-c1cc(C)cc(F)c1. The first kappa shape index (κ1) is 15.1. The number of nitrogens with zero attached hydrogens (tertiary/aromatic N) is 4. The lowest BCUT2D eigenvalue weighted by Crippen LogP contribution is -2.42. The van der Waals surface area contributed by atoms with E-state index in [4.69, 9.17) is 0 Å². The highest BCUT2D eigenvalue weighted by molar-refractivity contribution is 5.77. The Morgan fingerprint density at radius 1 is 1.33 bits per heavy atom. The van der Waals surface area contributed by atoms with E-state index in [1.165, 1.54) is 16.8 Å². The Labute approximate surface area is 121 Å². The van der Waals surface area contributed by atoms with Crippen molar-refractivity contribution in [2.24, 2.45) is 0 Å². The number of aliphatic carboxylic acids is 1. The highest BCUT2D eigenvalue weighted by Gasteiger charge is 2.40. The van der Waals surface area contributed by atoms with Gasteiger partial charge in [-0.2, -0.15) is 0 Å². The molecule has 0 aliphatic carbocycles. The molecular formula is C14H17FN4O2. The van der Waals surface area contributed by atoms with E-state index in [1.54, 1.807) is 26.8 Å². The van der Waals surface area contributed by atoms with E-state index in [-0.39, 0.29) is 5.82 Å². The molecular weight excluding hydrogens is 275 g/mol. The first-order valence-electron chi connectivity index (χ1n) is 6.74. The quantitative estimate of drug-likeness (QED) is 0.915. The molecule has 0 saturated carbocycles. The van der Waals surface area contributed by atoms with Gasteiger partial charge in [-0.25, -0.2) is 13.9 Å². The molecule has 7 heteroatoms. The predicted octanol–water partition coefficient (Wildman–Crippen LogP) is 2.39. The molecule has 6 nitrogen and oxygen atoms in total. The van der Waals surface area contributed by atoms with Gasteiger partial charge < -0.3 is 5.11 Å². The number of hydrogen-bond donors (Lipinski definition) is 1. The number of carbonyl (C=O) groups is 1. The number of tetrazole rings is 1. The zero-order valence-electron chi connectivity index (χ0n) is 12.2. The predicted molar refractivity (Wildman–Crippen MR) is 74.1 cm³/mol. The van der Waals surface area contributed by atoms with Crippen molar-refractivity contribution in [1.82, 2.24) is 20.2 Å². The average molecular weight is 292 g/mol. The van der Waals surface area contributed by atoms with E-state index < -0.39 is 17.3 Å². The second kappa shape index (κ2) is 5.59. The topological polar surface area (TPSA) is 80.9 Å². The van der Waals surface area contributed by atoms with Gasteiger partial charge in [-0.15, -0.1) is 5.10 Å². The Bertz CT molecular complexity index is 644. The van der Waals surface area contributed by atoms with E-state index in [0.717, 1.165) is 0 Å². The van der Waals surface area contributed by atoms with Crippen molar-refractivity contribution < 1.29 is 14.3 Å². The number of rotatable bonds is 5. The lowest BCUT2D eigenvalue weighted by molar-refractivity contribution is -0.148. The minimum Gasteiger partial charge on any atom is -0.479 e. The van der Waals surface area contributed by atoms with Gasteiger partial charge in [0, 0.05) is 5.56 Å². The van der Waals surface area contributed by atoms with Crippen LogP contribution in [-0.4, -0.2) is 31.3 Å². The summed E-state index contributed by atoms with van der Waals surface area (Å²) in [5, 5.41) is 20.9. The maximum atomic E-state index is 13.6. The maximum Gasteiger partial charge on any atom is 0.331 e. The summed E-state index contributed by atoms with van der Waals surface area (Å²) in [5.74, 6) is -1.16. The largest absolute Gasteiger partial charge is 0.479 e. The Morgan fingerprint density at radius 2 is 2.00 bits per heavy atom. The molecule has 2 rings (SSSR count). The molecule has 0 aliphatic rings. The molecule has 0 aliphatic heterocycles. The lowest BCUT2D eigenvalue weighted by atomic mass is 9.92. The second-order valence-electron chi connectivity index (χ2n) is 4.98. The van der Waals surface area contributed by atoms with Gasteiger partial charge in [-0.1, -0.05) is 13.8 Å². The molecule has 0 amide bonds. The fraction of sp³-hybridized carbons (Fsp3) is 0.429. The van der Waals surface area contributed by atoms with Gasteiger partial charge >= 0.3 is 5.97 Å². The molecule has 1 aromatic carbocycles. The van der Waals surface area contributed by atoms with E-state index in [1.807, 2.05) is 0 Å². The Morgan fingerprint density at radius 3 is 2.52 bits per heavy atom. The summed E-state index contributed by atoms with van der Waals surface area (Å²) < 4.78 is 14.9. The van der Waals surface area contributed by atoms with Crippen LogP contribution in [-0.2, 0) is 10.3 Å². The number of carboxylic acid groups (broad SMARTS) is 1. The summed E-state index contributed by atoms with van der Waals surface area (Å²) in [6.07, 6.45) is 0.649. The van der Waals surface area contributed by atoms with Gasteiger partial charge in [0.1, 0.15) is 5.82 Å². The maximum absolute atomic E-state index is 13.6. The molecule has 0 atom stereocenters. The van der Waals surface area contributed by atoms with Gasteiger partial charge in [0.15, 0.2) is 11.4 Å². The molecule has 0 saturated heterocycles. The number of halogens is 1. The fourth-order valence-corrected chi connectivity index (χ4v) is 2.46. The molecule has 0 radical (unpaired) electrons. The van der Waals surface area contributed by atoms with Crippen molar-refractivity contribution in [3.63, 3.8) is 0 Å². The van der Waals surface area contributed by atoms with Crippen molar-refractivity contribution in [3.05, 3.63) is 29.6 Å². The van der Waals surface area contributed by atoms with Gasteiger partial charge in [0.25, 0.3) is 0 Å². The molecule has 0 unspecified atom stereocenters. The number of aryl methyl sites for hydroxylation is 1. The Hall–Kier alpha value is -2.31. The Kier molecular flexibility index (Phi) is 4.02. The smallest absolute Gasteiger partial charge is 0.331 e. The normalized spacial score (nSPS) is 11.6. The molecule has 1 heterocycles. The average Bonchev–Trinajstić information content (AvgIpc) is 2.89. The fourth-order valence-electron chi connectivity index (χ4n) is 2.46. The molecule has 1 aromatic heterocycles. The van der Waals surface area contributed by atoms with Crippen LogP contribution >= 0.6 is 0 Å². The van der Waals surface area contributed by atoms with Crippen LogP contribution in [0.2, 0.25) is 0 Å². The molecule has 1 N–H and O–H groups in total. The molecule has 112 valence electrons. The number of carboxylic acids is 1. The van der Waals surface area contributed by atoms with Crippen LogP contribution < -0.4 is 0 Å². The van der Waals surface area contributed by atoms with E-state index in [0.29, 0.717) is 24.0 Å². The van der Waals surface area contributed by atoms with E-state index >= 15 is 0 Å². The van der Waals surface area contributed by atoms with Crippen LogP contribution in [0.4, 0.5) is 4.39 Å². The molecule has 2 aromatic rings. The molecule has 0 spiro atoms. The highest BCUT2D eigenvalue weighted by Crippen LogP contribution is 2.30. The zero-order valence-corrected chi connectivity index (χ0v) is 12.2. The van der Waals surface area contributed by atoms with Crippen molar-refractivity contribution in [1.29, 1.82) is 0 Å². The lowest BCUT2D eigenvalue weighted by Gasteiger charge is -2.27. The third kappa shape index (κ3) is 2.51. The number of hydrogen-bond acceptors (Lipinski definition) is 4. The van der Waals surface area contributed by atoms with E-state index in [9.17, 15) is 14.3 Å². The number of aromatic nitrogens is 4. The highest BCUT2D eigenvalue weighted by atomic mass is 19.1. The van der Waals surface area contributed by atoms with Crippen LogP contribution in [0.5, 0.6) is 0 Å². The Balaban J connectivity index is 2.64. The van der Waals surface area contributed by atoms with Gasteiger partial charge in [0.2, 0.25) is 0 Å². The summed E-state index contributed by atoms with van der Waals surface area (Å²) in [6, 6.07) is 4.41. The monoisotopic (exact) mass is 292 g/mol. The standard InChI is InChI=1S/C14H17FN4O2/c1-4-14(5-2,13(20)21)19-12(16-17-18-19)10-6-9(3)7-11(15)8-10/h6-8H,4-5H2,1-3H3,(H,20,21). The summed E-state index contributed by atoms with van der Waals surface area (Å²) in [4.78, 5) is 11.7. The van der Waals surface area contributed by atoms with Crippen LogP contribution in [0.1, 0.15) is 32.3 Å². The second-order valence-corrected chi connectivity index (χ2v) is 4.98. The summed E-state index contributed by atoms with van der Waals surface area (Å²) in [6.45, 7) is 5.28. The van der Waals surface area contributed by atoms with Crippen LogP contribution in [0.3, 0.4) is 0 Å². The first-order chi connectivity index (χ1) is 9.94. The third-order valence-corrected chi connectivity index (χ3v) is 3.74. The van der Waals surface area contributed by atoms with Crippen molar-refractivity contribution in [3.8, 4) is 11.4 Å². The van der Waals surface area contributed by atoms with Crippen LogP contribution in [0.25, 0.3) is 11.4 Å². The minimum atomic E-state index is -1.24. The molecule has 21 heavy (non-hydrogen) atoms. The van der Waals surface area contributed by atoms with Crippen molar-refractivity contribution in [2.45, 2.75) is 39.2 Å². The summed E-state index contributed by atoms with van der Waals surface area (Å²) in [7, 11) is 0. The first-order valence-corrected chi connectivity index (χ1v) is 6.74. The van der Waals surface area contributed by atoms with Crippen LogP contribution in [0.15, 0.2) is 18.2 Å². The van der Waals surface area contributed by atoms with Crippen LogP contribution in [0, 0.1) is 12.7 Å². The minimum absolute atomic E-state index is 0.253. The van der Waals surface area contributed by atoms with Gasteiger partial charge in [-0.05, 0) is 54.0 Å². The summed E-state index contributed by atoms with van der Waals surface area (Å²) >= 11 is 0. The van der Waals surface area contributed by atoms with Crippen molar-refractivity contribution >= 4 is 5.97 Å². The zero-order chi connectivity index (χ0) is 15.6. The molecule has 0 fully saturated rings.